The van der Waals surface area contributed by atoms with Gasteiger partial charge in [-0.2, -0.15) is 0 Å². The zero-order valence-corrected chi connectivity index (χ0v) is 16.6. The van der Waals surface area contributed by atoms with Crippen LogP contribution in [-0.4, -0.2) is 43.7 Å². The van der Waals surface area contributed by atoms with Gasteiger partial charge in [-0.1, -0.05) is 23.8 Å². The molecule has 1 amide bonds. The fourth-order valence-corrected chi connectivity index (χ4v) is 4.38. The van der Waals surface area contributed by atoms with Crippen molar-refractivity contribution in [3.8, 4) is 0 Å². The first-order valence-corrected chi connectivity index (χ1v) is 9.86. The summed E-state index contributed by atoms with van der Waals surface area (Å²) in [6.45, 7) is 8.69. The Morgan fingerprint density at radius 3 is 2.68 bits per heavy atom. The summed E-state index contributed by atoms with van der Waals surface area (Å²) in [6.07, 6.45) is 0.466. The van der Waals surface area contributed by atoms with E-state index < -0.39 is 0 Å². The third kappa shape index (κ3) is 3.96. The van der Waals surface area contributed by atoms with E-state index in [0.29, 0.717) is 26.2 Å². The quantitative estimate of drug-likeness (QED) is 0.812. The Bertz CT molecular complexity index is 867. The highest BCUT2D eigenvalue weighted by Crippen LogP contribution is 2.37. The molecule has 4 rings (SSSR count). The number of anilines is 1. The monoisotopic (exact) mass is 382 g/mol. The average Bonchev–Trinajstić information content (AvgIpc) is 2.85. The summed E-state index contributed by atoms with van der Waals surface area (Å²) in [6, 6.07) is 12.7. The lowest BCUT2D eigenvalue weighted by atomic mass is 9.87. The van der Waals surface area contributed by atoms with Gasteiger partial charge >= 0.3 is 0 Å². The zero-order chi connectivity index (χ0) is 19.7. The van der Waals surface area contributed by atoms with Crippen LogP contribution in [0.4, 0.5) is 10.1 Å². The first kappa shape index (κ1) is 19.1. The number of carbonyl (C=O) groups excluding carboxylic acids is 1. The molecule has 0 N–H and O–H groups in total. The van der Waals surface area contributed by atoms with E-state index in [0.717, 1.165) is 25.3 Å². The molecule has 28 heavy (non-hydrogen) atoms. The minimum absolute atomic E-state index is 0.0868. The number of carbonyl (C=O) groups is 1. The van der Waals surface area contributed by atoms with Crippen LogP contribution in [-0.2, 0) is 16.1 Å². The van der Waals surface area contributed by atoms with Crippen LogP contribution in [0.3, 0.4) is 0 Å². The van der Waals surface area contributed by atoms with Gasteiger partial charge in [0.2, 0.25) is 5.91 Å². The summed E-state index contributed by atoms with van der Waals surface area (Å²) in [4.78, 5) is 17.0. The Morgan fingerprint density at radius 1 is 1.11 bits per heavy atom. The van der Waals surface area contributed by atoms with E-state index in [1.165, 1.54) is 28.8 Å². The maximum Gasteiger partial charge on any atom is 0.227 e. The second kappa shape index (κ2) is 7.64. The fourth-order valence-electron chi connectivity index (χ4n) is 4.38. The molecule has 2 aliphatic rings. The Labute approximate surface area is 165 Å². The molecule has 2 aromatic rings. The van der Waals surface area contributed by atoms with Gasteiger partial charge in [-0.25, -0.2) is 4.39 Å². The van der Waals surface area contributed by atoms with Crippen molar-refractivity contribution in [2.45, 2.75) is 26.8 Å². The molecule has 148 valence electrons. The van der Waals surface area contributed by atoms with Gasteiger partial charge in [-0.05, 0) is 49.2 Å². The lowest BCUT2D eigenvalue weighted by Gasteiger charge is -2.31. The highest BCUT2D eigenvalue weighted by atomic mass is 19.1. The normalized spacial score (nSPS) is 23.4. The minimum Gasteiger partial charge on any atom is -0.379 e. The van der Waals surface area contributed by atoms with Crippen molar-refractivity contribution in [1.82, 2.24) is 4.90 Å². The number of hydrogen-bond acceptors (Lipinski definition) is 3. The zero-order valence-electron chi connectivity index (χ0n) is 16.6. The van der Waals surface area contributed by atoms with E-state index in [1.807, 2.05) is 0 Å². The van der Waals surface area contributed by atoms with Gasteiger partial charge in [0, 0.05) is 43.7 Å². The summed E-state index contributed by atoms with van der Waals surface area (Å²) < 4.78 is 19.2. The maximum atomic E-state index is 13.3. The fraction of sp³-hybridized carbons (Fsp3) is 0.435. The molecule has 2 fully saturated rings. The van der Waals surface area contributed by atoms with E-state index in [2.05, 4.69) is 36.9 Å². The number of benzene rings is 2. The number of rotatable bonds is 3. The molecule has 2 aromatic carbocycles. The molecule has 0 bridgehead atoms. The van der Waals surface area contributed by atoms with Crippen molar-refractivity contribution < 1.29 is 13.9 Å². The van der Waals surface area contributed by atoms with Gasteiger partial charge in [0.25, 0.3) is 0 Å². The number of nitrogens with zero attached hydrogens (tertiary/aromatic N) is 2. The number of amides is 1. The summed E-state index contributed by atoms with van der Waals surface area (Å²) in [5, 5.41) is 0. The van der Waals surface area contributed by atoms with E-state index in [-0.39, 0.29) is 17.1 Å². The van der Waals surface area contributed by atoms with Crippen LogP contribution in [0.5, 0.6) is 0 Å². The number of halogens is 1. The molecule has 0 aliphatic carbocycles. The standard InChI is InChI=1S/C23H27FN2O2/c1-17-3-4-18(2)19(11-17)13-25-9-10-28-16-23(14-25)12-22(27)26(15-23)21-7-5-20(24)6-8-21/h3-8,11H,9-10,12-16H2,1-2H3. The average molecular weight is 382 g/mol. The molecule has 1 unspecified atom stereocenters. The van der Waals surface area contributed by atoms with Crippen molar-refractivity contribution in [2.75, 3.05) is 37.7 Å². The molecular weight excluding hydrogens is 355 g/mol. The van der Waals surface area contributed by atoms with Gasteiger partial charge in [0.05, 0.1) is 13.2 Å². The first-order chi connectivity index (χ1) is 13.4. The Hall–Kier alpha value is -2.24. The molecular formula is C23H27FN2O2. The van der Waals surface area contributed by atoms with Gasteiger partial charge < -0.3 is 9.64 Å². The molecule has 0 aromatic heterocycles. The third-order valence-corrected chi connectivity index (χ3v) is 5.88. The number of hydrogen-bond donors (Lipinski definition) is 0. The van der Waals surface area contributed by atoms with Crippen molar-refractivity contribution in [2.24, 2.45) is 5.41 Å². The minimum atomic E-state index is -0.289. The number of aryl methyl sites for hydroxylation is 2. The summed E-state index contributed by atoms with van der Waals surface area (Å²) in [5.74, 6) is -0.202. The van der Waals surface area contributed by atoms with Crippen LogP contribution in [0.25, 0.3) is 0 Å². The Kier molecular flexibility index (Phi) is 5.21. The largest absolute Gasteiger partial charge is 0.379 e. The van der Waals surface area contributed by atoms with Crippen LogP contribution in [0.15, 0.2) is 42.5 Å². The number of ether oxygens (including phenoxy) is 1. The van der Waals surface area contributed by atoms with Crippen LogP contribution < -0.4 is 4.90 Å². The van der Waals surface area contributed by atoms with Crippen molar-refractivity contribution in [3.63, 3.8) is 0 Å². The van der Waals surface area contributed by atoms with Crippen molar-refractivity contribution >= 4 is 11.6 Å². The second-order valence-corrected chi connectivity index (χ2v) is 8.33. The molecule has 0 radical (unpaired) electrons. The molecule has 5 heteroatoms. The Balaban J connectivity index is 1.53. The van der Waals surface area contributed by atoms with Crippen LogP contribution in [0.1, 0.15) is 23.1 Å². The van der Waals surface area contributed by atoms with Crippen LogP contribution >= 0.6 is 0 Å². The van der Waals surface area contributed by atoms with Crippen molar-refractivity contribution in [3.05, 3.63) is 65.0 Å². The third-order valence-electron chi connectivity index (χ3n) is 5.88. The lowest BCUT2D eigenvalue weighted by molar-refractivity contribution is -0.118. The van der Waals surface area contributed by atoms with Crippen molar-refractivity contribution in [1.29, 1.82) is 0 Å². The molecule has 2 heterocycles. The second-order valence-electron chi connectivity index (χ2n) is 8.33. The van der Waals surface area contributed by atoms with E-state index in [9.17, 15) is 9.18 Å². The van der Waals surface area contributed by atoms with E-state index >= 15 is 0 Å². The molecule has 1 atom stereocenters. The molecule has 2 aliphatic heterocycles. The molecule has 2 saturated heterocycles. The van der Waals surface area contributed by atoms with Gasteiger partial charge in [-0.3, -0.25) is 9.69 Å². The molecule has 4 nitrogen and oxygen atoms in total. The Morgan fingerprint density at radius 2 is 1.89 bits per heavy atom. The predicted molar refractivity (Wildman–Crippen MR) is 108 cm³/mol. The predicted octanol–water partition coefficient (Wildman–Crippen LogP) is 3.70. The smallest absolute Gasteiger partial charge is 0.227 e. The first-order valence-electron chi connectivity index (χ1n) is 9.86. The van der Waals surface area contributed by atoms with Gasteiger partial charge in [-0.15, -0.1) is 0 Å². The highest BCUT2D eigenvalue weighted by molar-refractivity contribution is 5.96. The topological polar surface area (TPSA) is 32.8 Å². The van der Waals surface area contributed by atoms with Crippen LogP contribution in [0.2, 0.25) is 0 Å². The van der Waals surface area contributed by atoms with Gasteiger partial charge in [0.15, 0.2) is 0 Å². The molecule has 0 saturated carbocycles. The SMILES string of the molecule is Cc1ccc(C)c(CN2CCOCC3(CC(=O)N(c4ccc(F)cc4)C3)C2)c1. The summed E-state index contributed by atoms with van der Waals surface area (Å²) in [7, 11) is 0. The van der Waals surface area contributed by atoms with E-state index in [4.69, 9.17) is 4.74 Å². The summed E-state index contributed by atoms with van der Waals surface area (Å²) in [5.41, 5.74) is 4.42. The molecule has 1 spiro atoms. The highest BCUT2D eigenvalue weighted by Gasteiger charge is 2.46. The van der Waals surface area contributed by atoms with E-state index in [1.54, 1.807) is 17.0 Å². The van der Waals surface area contributed by atoms with Crippen LogP contribution in [0, 0.1) is 25.1 Å². The van der Waals surface area contributed by atoms with Gasteiger partial charge in [0.1, 0.15) is 5.82 Å². The maximum absolute atomic E-state index is 13.3. The lowest BCUT2D eigenvalue weighted by Crippen LogP contribution is -2.40. The summed E-state index contributed by atoms with van der Waals surface area (Å²) >= 11 is 0.